The predicted molar refractivity (Wildman–Crippen MR) is 91.6 cm³/mol. The third kappa shape index (κ3) is 3.14. The molecule has 1 amide bonds. The number of para-hydroxylation sites is 1. The first-order valence-corrected chi connectivity index (χ1v) is 8.76. The highest BCUT2D eigenvalue weighted by Crippen LogP contribution is 2.31. The number of likely N-dealkylation sites (tertiary alicyclic amines) is 1. The number of thiophene rings is 1. The molecule has 5 nitrogen and oxygen atoms in total. The zero-order valence-electron chi connectivity index (χ0n) is 13.4. The second-order valence-electron chi connectivity index (χ2n) is 5.97. The number of piperidine rings is 1. The van der Waals surface area contributed by atoms with Crippen molar-refractivity contribution < 1.29 is 19.4 Å². The van der Waals surface area contributed by atoms with Crippen LogP contribution in [0.3, 0.4) is 0 Å². The number of carboxylic acid groups (broad SMARTS) is 1. The molecule has 1 saturated heterocycles. The van der Waals surface area contributed by atoms with E-state index in [1.807, 2.05) is 35.9 Å². The maximum absolute atomic E-state index is 12.4. The number of nitrogens with zero attached hydrogens (tertiary/aromatic N) is 1. The third-order valence-corrected chi connectivity index (χ3v) is 5.10. The van der Waals surface area contributed by atoms with Crippen LogP contribution in [-0.2, 0) is 4.79 Å². The Morgan fingerprint density at radius 2 is 1.92 bits per heavy atom. The lowest BCUT2D eigenvalue weighted by molar-refractivity contribution is -0.159. The number of hydrogen-bond donors (Lipinski definition) is 1. The molecule has 1 fully saturated rings. The molecule has 0 saturated carbocycles. The molecule has 126 valence electrons. The van der Waals surface area contributed by atoms with Gasteiger partial charge in [-0.2, -0.15) is 11.3 Å². The van der Waals surface area contributed by atoms with E-state index in [1.165, 1.54) is 11.3 Å². The predicted octanol–water partition coefficient (Wildman–Crippen LogP) is 3.19. The molecule has 2 heterocycles. The second kappa shape index (κ2) is 6.65. The minimum atomic E-state index is -1.28. The Kier molecular flexibility index (Phi) is 4.57. The van der Waals surface area contributed by atoms with Crippen LogP contribution in [-0.4, -0.2) is 40.6 Å². The maximum atomic E-state index is 12.4. The second-order valence-corrected chi connectivity index (χ2v) is 6.75. The lowest BCUT2D eigenvalue weighted by Gasteiger charge is -2.39. The van der Waals surface area contributed by atoms with Gasteiger partial charge in [0.25, 0.3) is 5.91 Å². The fraction of sp³-hybridized carbons (Fsp3) is 0.333. The van der Waals surface area contributed by atoms with Gasteiger partial charge in [-0.25, -0.2) is 4.79 Å². The average Bonchev–Trinajstić information content (AvgIpc) is 3.11. The summed E-state index contributed by atoms with van der Waals surface area (Å²) in [7, 11) is 0. The molecule has 0 unspecified atom stereocenters. The minimum Gasteiger partial charge on any atom is -0.478 e. The van der Waals surface area contributed by atoms with Crippen molar-refractivity contribution in [2.75, 3.05) is 13.1 Å². The van der Waals surface area contributed by atoms with Gasteiger partial charge in [-0.15, -0.1) is 0 Å². The Balaban J connectivity index is 1.74. The fourth-order valence-electron chi connectivity index (χ4n) is 2.88. The van der Waals surface area contributed by atoms with Crippen molar-refractivity contribution in [1.82, 2.24) is 4.90 Å². The zero-order chi connectivity index (χ0) is 17.2. The van der Waals surface area contributed by atoms with Gasteiger partial charge in [0.05, 0.1) is 5.56 Å². The van der Waals surface area contributed by atoms with Crippen LogP contribution in [0, 0.1) is 6.92 Å². The number of benzene rings is 1. The number of aliphatic carboxylic acids is 1. The quantitative estimate of drug-likeness (QED) is 0.924. The summed E-state index contributed by atoms with van der Waals surface area (Å²) in [6, 6.07) is 9.17. The van der Waals surface area contributed by atoms with Crippen LogP contribution < -0.4 is 4.74 Å². The summed E-state index contributed by atoms with van der Waals surface area (Å²) < 4.78 is 5.92. The first-order chi connectivity index (χ1) is 11.5. The molecule has 0 atom stereocenters. The van der Waals surface area contributed by atoms with Crippen LogP contribution >= 0.6 is 11.3 Å². The molecule has 1 aromatic heterocycles. The monoisotopic (exact) mass is 345 g/mol. The van der Waals surface area contributed by atoms with Gasteiger partial charge in [0.2, 0.25) is 5.60 Å². The van der Waals surface area contributed by atoms with Crippen molar-refractivity contribution in [1.29, 1.82) is 0 Å². The van der Waals surface area contributed by atoms with Gasteiger partial charge < -0.3 is 14.7 Å². The van der Waals surface area contributed by atoms with E-state index in [2.05, 4.69) is 0 Å². The van der Waals surface area contributed by atoms with E-state index in [4.69, 9.17) is 4.74 Å². The summed E-state index contributed by atoms with van der Waals surface area (Å²) in [6.45, 7) is 2.62. The van der Waals surface area contributed by atoms with E-state index < -0.39 is 11.6 Å². The molecule has 1 aliphatic heterocycles. The molecule has 1 aromatic carbocycles. The smallest absolute Gasteiger partial charge is 0.348 e. The number of amides is 1. The number of carbonyl (C=O) groups is 2. The number of aryl methyl sites for hydroxylation is 1. The third-order valence-electron chi connectivity index (χ3n) is 4.42. The average molecular weight is 345 g/mol. The molecule has 1 aliphatic rings. The van der Waals surface area contributed by atoms with Crippen LogP contribution in [0.4, 0.5) is 0 Å². The molecule has 0 bridgehead atoms. The number of ether oxygens (including phenoxy) is 1. The van der Waals surface area contributed by atoms with Crippen molar-refractivity contribution in [2.45, 2.75) is 25.4 Å². The summed E-state index contributed by atoms with van der Waals surface area (Å²) in [4.78, 5) is 26.0. The summed E-state index contributed by atoms with van der Waals surface area (Å²) in [5, 5.41) is 13.4. The molecule has 1 N–H and O–H groups in total. The van der Waals surface area contributed by atoms with Crippen LogP contribution in [0.2, 0.25) is 0 Å². The molecule has 24 heavy (non-hydrogen) atoms. The summed E-state index contributed by atoms with van der Waals surface area (Å²) in [6.07, 6.45) is 0.541. The molecule has 0 radical (unpaired) electrons. The van der Waals surface area contributed by atoms with Gasteiger partial charge in [-0.05, 0) is 30.0 Å². The van der Waals surface area contributed by atoms with Gasteiger partial charge in [0, 0.05) is 31.3 Å². The summed E-state index contributed by atoms with van der Waals surface area (Å²) in [5.74, 6) is -0.447. The van der Waals surface area contributed by atoms with Gasteiger partial charge in [-0.1, -0.05) is 18.2 Å². The number of carboxylic acids is 1. The van der Waals surface area contributed by atoms with Gasteiger partial charge in [-0.3, -0.25) is 4.79 Å². The van der Waals surface area contributed by atoms with Crippen molar-refractivity contribution >= 4 is 23.2 Å². The molecular formula is C18H19NO4S. The van der Waals surface area contributed by atoms with Crippen molar-refractivity contribution in [3.63, 3.8) is 0 Å². The SMILES string of the molecule is Cc1ccccc1OC1(C(=O)O)CCN(C(=O)c2ccsc2)CC1. The normalized spacial score (nSPS) is 16.6. The first kappa shape index (κ1) is 16.5. The summed E-state index contributed by atoms with van der Waals surface area (Å²) >= 11 is 1.47. The highest BCUT2D eigenvalue weighted by atomic mass is 32.1. The highest BCUT2D eigenvalue weighted by Gasteiger charge is 2.45. The molecule has 3 rings (SSSR count). The van der Waals surface area contributed by atoms with Crippen LogP contribution in [0.15, 0.2) is 41.1 Å². The van der Waals surface area contributed by atoms with Gasteiger partial charge in [0.1, 0.15) is 5.75 Å². The van der Waals surface area contributed by atoms with Crippen molar-refractivity contribution in [3.05, 3.63) is 52.2 Å². The van der Waals surface area contributed by atoms with Crippen molar-refractivity contribution in [3.8, 4) is 5.75 Å². The standard InChI is InChI=1S/C18H19NO4S/c1-13-4-2-3-5-15(13)23-18(17(21)22)7-9-19(10-8-18)16(20)14-6-11-24-12-14/h2-6,11-12H,7-10H2,1H3,(H,21,22). The Hall–Kier alpha value is -2.34. The maximum Gasteiger partial charge on any atom is 0.348 e. The van der Waals surface area contributed by atoms with E-state index in [0.29, 0.717) is 24.4 Å². The van der Waals surface area contributed by atoms with Crippen LogP contribution in [0.25, 0.3) is 0 Å². The Labute approximate surface area is 144 Å². The first-order valence-electron chi connectivity index (χ1n) is 7.81. The Morgan fingerprint density at radius 3 is 2.50 bits per heavy atom. The van der Waals surface area contributed by atoms with Crippen molar-refractivity contribution in [2.24, 2.45) is 0 Å². The van der Waals surface area contributed by atoms with E-state index in [-0.39, 0.29) is 18.7 Å². The number of carbonyl (C=O) groups excluding carboxylic acids is 1. The Morgan fingerprint density at radius 1 is 1.21 bits per heavy atom. The van der Waals surface area contributed by atoms with E-state index >= 15 is 0 Å². The largest absolute Gasteiger partial charge is 0.478 e. The highest BCUT2D eigenvalue weighted by molar-refractivity contribution is 7.08. The molecule has 6 heteroatoms. The minimum absolute atomic E-state index is 0.0499. The van der Waals surface area contributed by atoms with Gasteiger partial charge >= 0.3 is 5.97 Å². The van der Waals surface area contributed by atoms with E-state index in [0.717, 1.165) is 5.56 Å². The molecular weight excluding hydrogens is 326 g/mol. The summed E-state index contributed by atoms with van der Waals surface area (Å²) in [5.41, 5.74) is 0.273. The topological polar surface area (TPSA) is 66.8 Å². The van der Waals surface area contributed by atoms with E-state index in [9.17, 15) is 14.7 Å². The fourth-order valence-corrected chi connectivity index (χ4v) is 3.51. The molecule has 0 spiro atoms. The lowest BCUT2D eigenvalue weighted by atomic mass is 9.90. The number of hydrogen-bond acceptors (Lipinski definition) is 4. The molecule has 0 aliphatic carbocycles. The zero-order valence-corrected chi connectivity index (χ0v) is 14.2. The van der Waals surface area contributed by atoms with Crippen LogP contribution in [0.1, 0.15) is 28.8 Å². The Bertz CT molecular complexity index is 733. The van der Waals surface area contributed by atoms with E-state index in [1.54, 1.807) is 17.0 Å². The van der Waals surface area contributed by atoms with Crippen LogP contribution in [0.5, 0.6) is 5.75 Å². The molecule has 2 aromatic rings. The van der Waals surface area contributed by atoms with Gasteiger partial charge in [0.15, 0.2) is 0 Å². The lowest BCUT2D eigenvalue weighted by Crippen LogP contribution is -2.54. The number of rotatable bonds is 4.